The lowest BCUT2D eigenvalue weighted by molar-refractivity contribution is 0.431. The van der Waals surface area contributed by atoms with E-state index in [1.54, 1.807) is 12.1 Å². The second-order valence-corrected chi connectivity index (χ2v) is 4.07. The second-order valence-electron chi connectivity index (χ2n) is 4.07. The van der Waals surface area contributed by atoms with Gasteiger partial charge in [-0.1, -0.05) is 12.1 Å². The molecule has 0 unspecified atom stereocenters. The lowest BCUT2D eigenvalue weighted by atomic mass is 10.0. The van der Waals surface area contributed by atoms with Crippen molar-refractivity contribution in [3.63, 3.8) is 0 Å². The number of halogens is 2. The minimum atomic E-state index is -0.663. The number of aryl methyl sites for hydroxylation is 2. The predicted molar refractivity (Wildman–Crippen MR) is 63.5 cm³/mol. The second kappa shape index (κ2) is 5.04. The molecule has 0 amide bonds. The Morgan fingerprint density at radius 3 is 1.44 bits per heavy atom. The standard InChI is InChI=1S/C14H12F2O2/c15-11-7-9(3-5-13(11)17)1-2-10-4-6-14(18)12(16)8-10/h3-8,17-18H,1-2H2. The molecule has 0 fully saturated rings. The number of rotatable bonds is 3. The molecule has 0 aliphatic heterocycles. The van der Waals surface area contributed by atoms with Crippen molar-refractivity contribution < 1.29 is 19.0 Å². The Morgan fingerprint density at radius 1 is 0.722 bits per heavy atom. The van der Waals surface area contributed by atoms with Crippen LogP contribution in [-0.4, -0.2) is 10.2 Å². The summed E-state index contributed by atoms with van der Waals surface area (Å²) in [6.07, 6.45) is 1.06. The van der Waals surface area contributed by atoms with Crippen molar-refractivity contribution in [3.05, 3.63) is 59.2 Å². The van der Waals surface area contributed by atoms with Crippen molar-refractivity contribution in [2.45, 2.75) is 12.8 Å². The van der Waals surface area contributed by atoms with E-state index in [1.807, 2.05) is 0 Å². The molecular weight excluding hydrogens is 238 g/mol. The molecule has 0 saturated heterocycles. The number of phenolic OH excluding ortho intramolecular Hbond substituents is 2. The van der Waals surface area contributed by atoms with Gasteiger partial charge in [-0.2, -0.15) is 0 Å². The predicted octanol–water partition coefficient (Wildman–Crippen LogP) is 3.16. The monoisotopic (exact) mass is 250 g/mol. The molecule has 0 aliphatic rings. The van der Waals surface area contributed by atoms with Crippen LogP contribution in [0.5, 0.6) is 11.5 Å². The van der Waals surface area contributed by atoms with Gasteiger partial charge in [-0.15, -0.1) is 0 Å². The van der Waals surface area contributed by atoms with Crippen LogP contribution < -0.4 is 0 Å². The maximum Gasteiger partial charge on any atom is 0.165 e. The number of aromatic hydroxyl groups is 2. The summed E-state index contributed by atoms with van der Waals surface area (Å²) in [6, 6.07) is 8.34. The third kappa shape index (κ3) is 2.77. The van der Waals surface area contributed by atoms with E-state index in [1.165, 1.54) is 24.3 Å². The largest absolute Gasteiger partial charge is 0.505 e. The van der Waals surface area contributed by atoms with Crippen LogP contribution in [0.15, 0.2) is 36.4 Å². The molecule has 18 heavy (non-hydrogen) atoms. The van der Waals surface area contributed by atoms with Gasteiger partial charge in [0.1, 0.15) is 0 Å². The first-order valence-corrected chi connectivity index (χ1v) is 5.51. The SMILES string of the molecule is Oc1ccc(CCc2ccc(O)c(F)c2)cc1F. The molecule has 2 nitrogen and oxygen atoms in total. The minimum absolute atomic E-state index is 0.380. The van der Waals surface area contributed by atoms with Crippen molar-refractivity contribution in [3.8, 4) is 11.5 Å². The topological polar surface area (TPSA) is 40.5 Å². The first-order chi connectivity index (χ1) is 8.56. The maximum atomic E-state index is 13.1. The quantitative estimate of drug-likeness (QED) is 0.878. The Kier molecular flexibility index (Phi) is 3.46. The summed E-state index contributed by atoms with van der Waals surface area (Å²) < 4.78 is 26.2. The summed E-state index contributed by atoms with van der Waals surface area (Å²) in [5, 5.41) is 18.1. The summed E-state index contributed by atoms with van der Waals surface area (Å²) in [5.41, 5.74) is 1.44. The average Bonchev–Trinajstić information content (AvgIpc) is 2.35. The van der Waals surface area contributed by atoms with E-state index in [0.717, 1.165) is 11.1 Å². The fourth-order valence-electron chi connectivity index (χ4n) is 1.70. The molecule has 2 aromatic rings. The van der Waals surface area contributed by atoms with E-state index in [0.29, 0.717) is 12.8 Å². The van der Waals surface area contributed by atoms with Crippen LogP contribution in [0.2, 0.25) is 0 Å². The highest BCUT2D eigenvalue weighted by Gasteiger charge is 2.04. The Bertz CT molecular complexity index is 516. The Balaban J connectivity index is 2.06. The average molecular weight is 250 g/mol. The van der Waals surface area contributed by atoms with Crippen molar-refractivity contribution >= 4 is 0 Å². The zero-order valence-corrected chi connectivity index (χ0v) is 9.53. The maximum absolute atomic E-state index is 13.1. The normalized spacial score (nSPS) is 10.6. The van der Waals surface area contributed by atoms with Crippen molar-refractivity contribution in [1.82, 2.24) is 0 Å². The fourth-order valence-corrected chi connectivity index (χ4v) is 1.70. The first-order valence-electron chi connectivity index (χ1n) is 5.51. The highest BCUT2D eigenvalue weighted by Crippen LogP contribution is 2.19. The third-order valence-corrected chi connectivity index (χ3v) is 2.73. The molecule has 0 atom stereocenters. The minimum Gasteiger partial charge on any atom is -0.505 e. The summed E-state index contributed by atoms with van der Waals surface area (Å²) in [7, 11) is 0. The van der Waals surface area contributed by atoms with E-state index in [4.69, 9.17) is 10.2 Å². The number of hydrogen-bond donors (Lipinski definition) is 2. The van der Waals surface area contributed by atoms with Crippen molar-refractivity contribution in [2.24, 2.45) is 0 Å². The third-order valence-electron chi connectivity index (χ3n) is 2.73. The van der Waals surface area contributed by atoms with Gasteiger partial charge in [-0.25, -0.2) is 8.78 Å². The fraction of sp³-hybridized carbons (Fsp3) is 0.143. The van der Waals surface area contributed by atoms with Gasteiger partial charge in [0.2, 0.25) is 0 Å². The van der Waals surface area contributed by atoms with E-state index in [2.05, 4.69) is 0 Å². The highest BCUT2D eigenvalue weighted by molar-refractivity contribution is 5.31. The lowest BCUT2D eigenvalue weighted by Gasteiger charge is -2.04. The summed E-state index contributed by atoms with van der Waals surface area (Å²) in [5.74, 6) is -2.09. The molecule has 4 heteroatoms. The van der Waals surface area contributed by atoms with E-state index in [9.17, 15) is 8.78 Å². The zero-order valence-electron chi connectivity index (χ0n) is 9.53. The van der Waals surface area contributed by atoms with Crippen LogP contribution >= 0.6 is 0 Å². The molecule has 2 rings (SSSR count). The zero-order chi connectivity index (χ0) is 13.1. The van der Waals surface area contributed by atoms with Gasteiger partial charge in [0.25, 0.3) is 0 Å². The molecule has 0 aromatic heterocycles. The van der Waals surface area contributed by atoms with E-state index in [-0.39, 0.29) is 11.5 Å². The molecule has 0 spiro atoms. The van der Waals surface area contributed by atoms with E-state index >= 15 is 0 Å². The van der Waals surface area contributed by atoms with Gasteiger partial charge in [-0.05, 0) is 48.2 Å². The van der Waals surface area contributed by atoms with Crippen LogP contribution in [0.25, 0.3) is 0 Å². The van der Waals surface area contributed by atoms with Crippen LogP contribution in [0.1, 0.15) is 11.1 Å². The van der Waals surface area contributed by atoms with E-state index < -0.39 is 11.6 Å². The van der Waals surface area contributed by atoms with Gasteiger partial charge in [0.15, 0.2) is 23.1 Å². The number of hydrogen-bond acceptors (Lipinski definition) is 2. The highest BCUT2D eigenvalue weighted by atomic mass is 19.1. The van der Waals surface area contributed by atoms with Gasteiger partial charge >= 0.3 is 0 Å². The number of phenols is 2. The molecule has 0 radical (unpaired) electrons. The molecule has 0 saturated carbocycles. The molecule has 94 valence electrons. The summed E-state index contributed by atoms with van der Waals surface area (Å²) >= 11 is 0. The summed E-state index contributed by atoms with van der Waals surface area (Å²) in [4.78, 5) is 0. The Hall–Kier alpha value is -2.10. The van der Waals surface area contributed by atoms with Crippen LogP contribution in [0.3, 0.4) is 0 Å². The van der Waals surface area contributed by atoms with Crippen molar-refractivity contribution in [2.75, 3.05) is 0 Å². The Morgan fingerprint density at radius 2 is 1.11 bits per heavy atom. The molecule has 0 heterocycles. The lowest BCUT2D eigenvalue weighted by Crippen LogP contribution is -1.93. The van der Waals surface area contributed by atoms with Crippen LogP contribution in [0, 0.1) is 11.6 Å². The molecule has 0 bridgehead atoms. The van der Waals surface area contributed by atoms with Crippen LogP contribution in [0.4, 0.5) is 8.78 Å². The first kappa shape index (κ1) is 12.4. The molecule has 0 aliphatic carbocycles. The molecule has 2 aromatic carbocycles. The van der Waals surface area contributed by atoms with Gasteiger partial charge in [0, 0.05) is 0 Å². The summed E-state index contributed by atoms with van der Waals surface area (Å²) in [6.45, 7) is 0. The van der Waals surface area contributed by atoms with Gasteiger partial charge < -0.3 is 10.2 Å². The molecular formula is C14H12F2O2. The van der Waals surface area contributed by atoms with Crippen LogP contribution in [-0.2, 0) is 12.8 Å². The van der Waals surface area contributed by atoms with Gasteiger partial charge in [-0.3, -0.25) is 0 Å². The van der Waals surface area contributed by atoms with Crippen molar-refractivity contribution in [1.29, 1.82) is 0 Å². The van der Waals surface area contributed by atoms with Gasteiger partial charge in [0.05, 0.1) is 0 Å². The smallest absolute Gasteiger partial charge is 0.165 e. The number of benzene rings is 2. The Labute approximate surface area is 103 Å². The molecule has 2 N–H and O–H groups in total.